The average molecular weight is 281 g/mol. The molecule has 0 radical (unpaired) electrons. The van der Waals surface area contributed by atoms with Gasteiger partial charge in [-0.2, -0.15) is 5.10 Å². The van der Waals surface area contributed by atoms with Gasteiger partial charge in [0.15, 0.2) is 0 Å². The second-order valence-electron chi connectivity index (χ2n) is 6.05. The van der Waals surface area contributed by atoms with E-state index in [9.17, 15) is 5.11 Å². The van der Waals surface area contributed by atoms with E-state index in [4.69, 9.17) is 4.74 Å². The van der Waals surface area contributed by atoms with Gasteiger partial charge in [0.05, 0.1) is 18.4 Å². The Morgan fingerprint density at radius 3 is 2.90 bits per heavy atom. The molecule has 20 heavy (non-hydrogen) atoms. The van der Waals surface area contributed by atoms with Crippen molar-refractivity contribution in [2.24, 2.45) is 12.5 Å². The van der Waals surface area contributed by atoms with Crippen molar-refractivity contribution in [3.63, 3.8) is 0 Å². The standard InChI is InChI=1S/C15H27N3O2/c1-5-12-11(14(20-4)18(3)17-12)9-16-13-7-6-8-15(13,2)10-19/h13,16,19H,5-10H2,1-4H3. The van der Waals surface area contributed by atoms with Crippen LogP contribution in [0.25, 0.3) is 0 Å². The number of methoxy groups -OCH3 is 1. The molecule has 2 unspecified atom stereocenters. The molecule has 5 heteroatoms. The van der Waals surface area contributed by atoms with Crippen LogP contribution >= 0.6 is 0 Å². The van der Waals surface area contributed by atoms with Crippen LogP contribution in [0.2, 0.25) is 0 Å². The first kappa shape index (κ1) is 15.3. The van der Waals surface area contributed by atoms with Gasteiger partial charge in [0.2, 0.25) is 5.88 Å². The molecule has 1 heterocycles. The summed E-state index contributed by atoms with van der Waals surface area (Å²) in [5.74, 6) is 0.832. The van der Waals surface area contributed by atoms with Crippen molar-refractivity contribution in [1.29, 1.82) is 0 Å². The number of nitrogens with one attached hydrogen (secondary N) is 1. The summed E-state index contributed by atoms with van der Waals surface area (Å²) in [7, 11) is 3.60. The van der Waals surface area contributed by atoms with E-state index >= 15 is 0 Å². The summed E-state index contributed by atoms with van der Waals surface area (Å²) in [5.41, 5.74) is 2.23. The van der Waals surface area contributed by atoms with Crippen LogP contribution in [0.15, 0.2) is 0 Å². The molecule has 1 aromatic heterocycles. The van der Waals surface area contributed by atoms with Gasteiger partial charge < -0.3 is 15.2 Å². The summed E-state index contributed by atoms with van der Waals surface area (Å²) in [5, 5.41) is 17.7. The van der Waals surface area contributed by atoms with Gasteiger partial charge in [0.1, 0.15) is 0 Å². The number of nitrogens with zero attached hydrogens (tertiary/aromatic N) is 2. The molecule has 1 aliphatic carbocycles. The molecule has 2 N–H and O–H groups in total. The molecule has 0 saturated heterocycles. The van der Waals surface area contributed by atoms with E-state index in [2.05, 4.69) is 24.3 Å². The lowest BCUT2D eigenvalue weighted by Crippen LogP contribution is -2.41. The summed E-state index contributed by atoms with van der Waals surface area (Å²) < 4.78 is 7.26. The second-order valence-corrected chi connectivity index (χ2v) is 6.05. The molecule has 1 aliphatic rings. The predicted molar refractivity (Wildman–Crippen MR) is 78.8 cm³/mol. The Hall–Kier alpha value is -1.07. The number of ether oxygens (including phenoxy) is 1. The van der Waals surface area contributed by atoms with Gasteiger partial charge in [-0.3, -0.25) is 0 Å². The highest BCUT2D eigenvalue weighted by molar-refractivity contribution is 5.31. The van der Waals surface area contributed by atoms with E-state index in [-0.39, 0.29) is 12.0 Å². The molecular weight excluding hydrogens is 254 g/mol. The maximum absolute atomic E-state index is 9.62. The van der Waals surface area contributed by atoms with Crippen molar-refractivity contribution in [3.8, 4) is 5.88 Å². The summed E-state index contributed by atoms with van der Waals surface area (Å²) in [6.07, 6.45) is 4.29. The molecule has 0 bridgehead atoms. The monoisotopic (exact) mass is 281 g/mol. The van der Waals surface area contributed by atoms with E-state index in [1.807, 2.05) is 7.05 Å². The molecule has 114 valence electrons. The lowest BCUT2D eigenvalue weighted by molar-refractivity contribution is 0.118. The van der Waals surface area contributed by atoms with Gasteiger partial charge >= 0.3 is 0 Å². The number of hydrogen-bond acceptors (Lipinski definition) is 4. The zero-order valence-corrected chi connectivity index (χ0v) is 13.1. The largest absolute Gasteiger partial charge is 0.481 e. The van der Waals surface area contributed by atoms with E-state index in [1.165, 1.54) is 6.42 Å². The Balaban J connectivity index is 2.11. The molecule has 1 fully saturated rings. The topological polar surface area (TPSA) is 59.3 Å². The first-order valence-corrected chi connectivity index (χ1v) is 7.48. The van der Waals surface area contributed by atoms with E-state index in [0.29, 0.717) is 6.04 Å². The van der Waals surface area contributed by atoms with Crippen LogP contribution in [0.5, 0.6) is 5.88 Å². The molecule has 0 aromatic carbocycles. The summed E-state index contributed by atoms with van der Waals surface area (Å²) in [6.45, 7) is 5.27. The van der Waals surface area contributed by atoms with Gasteiger partial charge in [-0.15, -0.1) is 0 Å². The maximum atomic E-state index is 9.62. The van der Waals surface area contributed by atoms with Crippen LogP contribution in [-0.2, 0) is 20.0 Å². The number of aliphatic hydroxyl groups excluding tert-OH is 1. The van der Waals surface area contributed by atoms with Crippen molar-refractivity contribution >= 4 is 0 Å². The first-order valence-electron chi connectivity index (χ1n) is 7.48. The number of aromatic nitrogens is 2. The Labute approximate surface area is 121 Å². The minimum atomic E-state index is 0.00181. The normalized spacial score (nSPS) is 26.1. The molecule has 1 aromatic rings. The highest BCUT2D eigenvalue weighted by Gasteiger charge is 2.38. The van der Waals surface area contributed by atoms with Crippen LogP contribution in [0.1, 0.15) is 44.4 Å². The SMILES string of the molecule is CCc1nn(C)c(OC)c1CNC1CCCC1(C)CO. The number of rotatable bonds is 6. The van der Waals surface area contributed by atoms with Gasteiger partial charge in [-0.25, -0.2) is 4.68 Å². The lowest BCUT2D eigenvalue weighted by atomic mass is 9.85. The van der Waals surface area contributed by atoms with E-state index < -0.39 is 0 Å². The quantitative estimate of drug-likeness (QED) is 0.832. The van der Waals surface area contributed by atoms with Crippen molar-refractivity contribution < 1.29 is 9.84 Å². The van der Waals surface area contributed by atoms with Gasteiger partial charge in [-0.05, 0) is 19.3 Å². The van der Waals surface area contributed by atoms with Crippen LogP contribution in [0, 0.1) is 5.41 Å². The molecule has 0 amide bonds. The van der Waals surface area contributed by atoms with Gasteiger partial charge in [-0.1, -0.05) is 20.3 Å². The molecule has 1 saturated carbocycles. The first-order chi connectivity index (χ1) is 9.55. The van der Waals surface area contributed by atoms with Crippen molar-refractivity contribution in [3.05, 3.63) is 11.3 Å². The fraction of sp³-hybridized carbons (Fsp3) is 0.800. The Morgan fingerprint density at radius 2 is 2.30 bits per heavy atom. The smallest absolute Gasteiger partial charge is 0.216 e. The van der Waals surface area contributed by atoms with Crippen molar-refractivity contribution in [1.82, 2.24) is 15.1 Å². The zero-order chi connectivity index (χ0) is 14.8. The minimum absolute atomic E-state index is 0.00181. The summed E-state index contributed by atoms with van der Waals surface area (Å²) >= 11 is 0. The van der Waals surface area contributed by atoms with E-state index in [0.717, 1.165) is 42.9 Å². The third-order valence-electron chi connectivity index (χ3n) is 4.67. The van der Waals surface area contributed by atoms with E-state index in [1.54, 1.807) is 11.8 Å². The molecule has 2 atom stereocenters. The highest BCUT2D eigenvalue weighted by atomic mass is 16.5. The molecule has 5 nitrogen and oxygen atoms in total. The fourth-order valence-electron chi connectivity index (χ4n) is 3.32. The van der Waals surface area contributed by atoms with Crippen LogP contribution in [-0.4, -0.2) is 34.6 Å². The number of hydrogen-bond donors (Lipinski definition) is 2. The predicted octanol–water partition coefficient (Wildman–Crippen LogP) is 1.63. The van der Waals surface area contributed by atoms with Crippen LogP contribution < -0.4 is 10.1 Å². The van der Waals surface area contributed by atoms with Gasteiger partial charge in [0, 0.05) is 31.7 Å². The fourth-order valence-corrected chi connectivity index (χ4v) is 3.32. The molecule has 2 rings (SSSR count). The molecule has 0 spiro atoms. The summed E-state index contributed by atoms with van der Waals surface area (Å²) in [6, 6.07) is 0.363. The number of aliphatic hydroxyl groups is 1. The third kappa shape index (κ3) is 2.69. The Kier molecular flexibility index (Phi) is 4.70. The molecular formula is C15H27N3O2. The van der Waals surface area contributed by atoms with Crippen molar-refractivity contribution in [2.45, 2.75) is 52.1 Å². The van der Waals surface area contributed by atoms with Crippen LogP contribution in [0.4, 0.5) is 0 Å². The maximum Gasteiger partial charge on any atom is 0.216 e. The second kappa shape index (κ2) is 6.14. The summed E-state index contributed by atoms with van der Waals surface area (Å²) in [4.78, 5) is 0. The van der Waals surface area contributed by atoms with Crippen molar-refractivity contribution in [2.75, 3.05) is 13.7 Å². The highest BCUT2D eigenvalue weighted by Crippen LogP contribution is 2.37. The zero-order valence-electron chi connectivity index (χ0n) is 13.1. The van der Waals surface area contributed by atoms with Crippen LogP contribution in [0.3, 0.4) is 0 Å². The molecule has 0 aliphatic heterocycles. The lowest BCUT2D eigenvalue weighted by Gasteiger charge is -2.30. The Bertz CT molecular complexity index is 458. The minimum Gasteiger partial charge on any atom is -0.481 e. The average Bonchev–Trinajstić information content (AvgIpc) is 2.97. The Morgan fingerprint density at radius 1 is 1.55 bits per heavy atom. The van der Waals surface area contributed by atoms with Gasteiger partial charge in [0.25, 0.3) is 0 Å². The number of aryl methyl sites for hydroxylation is 2. The third-order valence-corrected chi connectivity index (χ3v) is 4.67.